The maximum Gasteiger partial charge on any atom is 0.147 e. The molecule has 66 valence electrons. The number of nitrogens with zero attached hydrogens (tertiary/aromatic N) is 1. The van der Waals surface area contributed by atoms with Gasteiger partial charge in [-0.25, -0.2) is 0 Å². The summed E-state index contributed by atoms with van der Waals surface area (Å²) in [5, 5.41) is 0. The van der Waals surface area contributed by atoms with Crippen molar-refractivity contribution in [1.82, 2.24) is 4.90 Å². The highest BCUT2D eigenvalue weighted by Gasteiger charge is 2.66. The molecule has 4 aliphatic rings. The lowest BCUT2D eigenvalue weighted by Gasteiger charge is -2.68. The Morgan fingerprint density at radius 1 is 1.50 bits per heavy atom. The van der Waals surface area contributed by atoms with Gasteiger partial charge in [-0.05, 0) is 20.4 Å². The van der Waals surface area contributed by atoms with Crippen LogP contribution < -0.4 is 0 Å². The number of hydrogen-bond donors (Lipinski definition) is 0. The smallest absolute Gasteiger partial charge is 0.147 e. The predicted molar refractivity (Wildman–Crippen MR) is 42.5 cm³/mol. The van der Waals surface area contributed by atoms with Crippen molar-refractivity contribution in [2.45, 2.75) is 31.7 Å². The molecule has 0 spiro atoms. The normalized spacial score (nSPS) is 55.7. The van der Waals surface area contributed by atoms with Crippen LogP contribution in [0.25, 0.3) is 0 Å². The zero-order valence-electron chi connectivity index (χ0n) is 7.36. The van der Waals surface area contributed by atoms with Gasteiger partial charge < -0.3 is 4.74 Å². The monoisotopic (exact) mass is 167 g/mol. The van der Waals surface area contributed by atoms with Crippen LogP contribution in [0, 0.1) is 11.8 Å². The fourth-order valence-corrected chi connectivity index (χ4v) is 3.11. The third kappa shape index (κ3) is 0.559. The van der Waals surface area contributed by atoms with Gasteiger partial charge in [0, 0.05) is 11.8 Å². The molecule has 0 amide bonds. The van der Waals surface area contributed by atoms with Crippen molar-refractivity contribution in [1.29, 1.82) is 0 Å². The zero-order valence-corrected chi connectivity index (χ0v) is 7.36. The fourth-order valence-electron chi connectivity index (χ4n) is 3.11. The number of likely N-dealkylation sites (N-methyl/N-ethyl adjacent to an activating group) is 1. The number of carbonyl (C=O) groups excluding carboxylic acids is 1. The minimum atomic E-state index is 0.152. The molecule has 0 radical (unpaired) electrons. The quantitative estimate of drug-likeness (QED) is 0.560. The Balaban J connectivity index is 1.90. The summed E-state index contributed by atoms with van der Waals surface area (Å²) in [6, 6.07) is 0.152. The summed E-state index contributed by atoms with van der Waals surface area (Å²) < 4.78 is 5.60. The average molecular weight is 167 g/mol. The minimum Gasteiger partial charge on any atom is -0.359 e. The van der Waals surface area contributed by atoms with E-state index in [1.165, 1.54) is 6.42 Å². The lowest BCUT2D eigenvalue weighted by molar-refractivity contribution is -0.367. The van der Waals surface area contributed by atoms with Crippen LogP contribution in [0.1, 0.15) is 13.3 Å². The molecule has 3 nitrogen and oxygen atoms in total. The number of carbonyl (C=O) groups is 1. The molecule has 0 aromatic rings. The number of piperidine rings is 2. The number of ether oxygens (including phenoxy) is 1. The molecule has 12 heavy (non-hydrogen) atoms. The topological polar surface area (TPSA) is 29.5 Å². The van der Waals surface area contributed by atoms with E-state index in [0.717, 1.165) is 5.92 Å². The molecule has 3 saturated heterocycles. The number of hydrogen-bond acceptors (Lipinski definition) is 3. The summed E-state index contributed by atoms with van der Waals surface area (Å²) in [7, 11) is 2.01. The number of ketones is 1. The first-order valence-corrected chi connectivity index (χ1v) is 4.58. The fraction of sp³-hybridized carbons (Fsp3) is 0.889. The van der Waals surface area contributed by atoms with Crippen molar-refractivity contribution in [3.8, 4) is 0 Å². The molecule has 1 aliphatic carbocycles. The molecular formula is C9H13NO2. The van der Waals surface area contributed by atoms with Gasteiger partial charge in [0.2, 0.25) is 0 Å². The lowest BCUT2D eigenvalue weighted by atomic mass is 9.59. The van der Waals surface area contributed by atoms with Gasteiger partial charge in [0.05, 0.1) is 12.1 Å². The molecule has 0 N–H and O–H groups in total. The van der Waals surface area contributed by atoms with Crippen LogP contribution in [0.3, 0.4) is 0 Å². The Morgan fingerprint density at radius 2 is 2.25 bits per heavy atom. The standard InChI is InChI=1S/C9H13NO2/c1-4(11)7-5-3-6-8(5)12-9(6)10(7)2/h5-9H,3H2,1-2H3. The maximum absolute atomic E-state index is 11.3. The van der Waals surface area contributed by atoms with Crippen LogP contribution in [-0.4, -0.2) is 36.1 Å². The van der Waals surface area contributed by atoms with Gasteiger partial charge in [-0.3, -0.25) is 9.69 Å². The highest BCUT2D eigenvalue weighted by Crippen LogP contribution is 2.57. The number of fused-ring (bicyclic) bond motifs is 1. The van der Waals surface area contributed by atoms with Crippen molar-refractivity contribution >= 4 is 5.78 Å². The first-order chi connectivity index (χ1) is 5.70. The van der Waals surface area contributed by atoms with E-state index in [2.05, 4.69) is 4.90 Å². The second kappa shape index (κ2) is 1.91. The van der Waals surface area contributed by atoms with Gasteiger partial charge in [-0.2, -0.15) is 0 Å². The number of rotatable bonds is 1. The second-order valence-electron chi connectivity index (χ2n) is 4.28. The second-order valence-corrected chi connectivity index (χ2v) is 4.28. The molecule has 3 heterocycles. The van der Waals surface area contributed by atoms with E-state index >= 15 is 0 Å². The van der Waals surface area contributed by atoms with E-state index in [1.54, 1.807) is 6.92 Å². The van der Waals surface area contributed by atoms with Crippen molar-refractivity contribution in [3.63, 3.8) is 0 Å². The van der Waals surface area contributed by atoms with E-state index in [9.17, 15) is 4.79 Å². The van der Waals surface area contributed by atoms with Crippen LogP contribution in [-0.2, 0) is 9.53 Å². The van der Waals surface area contributed by atoms with Crippen LogP contribution in [0.2, 0.25) is 0 Å². The third-order valence-corrected chi connectivity index (χ3v) is 3.71. The van der Waals surface area contributed by atoms with Gasteiger partial charge in [0.25, 0.3) is 0 Å². The van der Waals surface area contributed by atoms with Crippen molar-refractivity contribution in [2.24, 2.45) is 11.8 Å². The Hall–Kier alpha value is -0.410. The molecule has 3 aliphatic heterocycles. The molecule has 5 atom stereocenters. The van der Waals surface area contributed by atoms with Gasteiger partial charge in [0.15, 0.2) is 0 Å². The van der Waals surface area contributed by atoms with Gasteiger partial charge in [0.1, 0.15) is 12.0 Å². The SMILES string of the molecule is CC(=O)C1C2CC3C2OC3N1C. The van der Waals surface area contributed by atoms with Crippen LogP contribution >= 0.6 is 0 Å². The maximum atomic E-state index is 11.3. The predicted octanol–water partition coefficient (Wildman–Crippen LogP) is 0.250. The van der Waals surface area contributed by atoms with E-state index in [-0.39, 0.29) is 12.3 Å². The Bertz CT molecular complexity index is 251. The van der Waals surface area contributed by atoms with E-state index < -0.39 is 0 Å². The number of Topliss-reactive ketones (excluding diaryl/α,β-unsaturated/α-hetero) is 1. The van der Waals surface area contributed by atoms with Crippen LogP contribution in [0.4, 0.5) is 0 Å². The third-order valence-electron chi connectivity index (χ3n) is 3.71. The largest absolute Gasteiger partial charge is 0.359 e. The van der Waals surface area contributed by atoms with E-state index in [1.807, 2.05) is 7.05 Å². The average Bonchev–Trinajstić information content (AvgIpc) is 1.98. The van der Waals surface area contributed by atoms with Gasteiger partial charge in [-0.15, -0.1) is 0 Å². The Labute approximate surface area is 71.7 Å². The van der Waals surface area contributed by atoms with Crippen molar-refractivity contribution < 1.29 is 9.53 Å². The first kappa shape index (κ1) is 7.04. The summed E-state index contributed by atoms with van der Waals surface area (Å²) in [5.41, 5.74) is 0. The summed E-state index contributed by atoms with van der Waals surface area (Å²) in [6.07, 6.45) is 1.90. The molecular weight excluding hydrogens is 154 g/mol. The van der Waals surface area contributed by atoms with E-state index in [0.29, 0.717) is 17.8 Å². The molecule has 3 heteroatoms. The zero-order chi connectivity index (χ0) is 8.46. The van der Waals surface area contributed by atoms with Crippen LogP contribution in [0.15, 0.2) is 0 Å². The highest BCUT2D eigenvalue weighted by molar-refractivity contribution is 5.82. The highest BCUT2D eigenvalue weighted by atomic mass is 16.5. The lowest BCUT2D eigenvalue weighted by Crippen LogP contribution is -2.78. The molecule has 5 unspecified atom stereocenters. The summed E-state index contributed by atoms with van der Waals surface area (Å²) in [4.78, 5) is 13.4. The molecule has 0 aromatic heterocycles. The molecule has 4 bridgehead atoms. The van der Waals surface area contributed by atoms with Crippen molar-refractivity contribution in [2.75, 3.05) is 7.05 Å². The van der Waals surface area contributed by atoms with Crippen molar-refractivity contribution in [3.05, 3.63) is 0 Å². The molecule has 1 saturated carbocycles. The van der Waals surface area contributed by atoms with E-state index in [4.69, 9.17) is 4.74 Å². The summed E-state index contributed by atoms with van der Waals surface area (Å²) in [6.45, 7) is 1.69. The van der Waals surface area contributed by atoms with Gasteiger partial charge in [-0.1, -0.05) is 0 Å². The molecule has 4 fully saturated rings. The van der Waals surface area contributed by atoms with Gasteiger partial charge >= 0.3 is 0 Å². The molecule has 4 rings (SSSR count). The molecule has 0 aromatic carbocycles. The van der Waals surface area contributed by atoms with Crippen LogP contribution in [0.5, 0.6) is 0 Å². The first-order valence-electron chi connectivity index (χ1n) is 4.58. The summed E-state index contributed by atoms with van der Waals surface area (Å²) >= 11 is 0. The Kier molecular flexibility index (Phi) is 1.12. The Morgan fingerprint density at radius 3 is 2.58 bits per heavy atom. The minimum absolute atomic E-state index is 0.152. The summed E-state index contributed by atoms with van der Waals surface area (Å²) in [5.74, 6) is 1.55.